The molecule has 0 aliphatic heterocycles. The Kier molecular flexibility index (Phi) is 3.74. The van der Waals surface area contributed by atoms with Crippen LogP contribution in [0.25, 0.3) is 0 Å². The lowest BCUT2D eigenvalue weighted by Gasteiger charge is -2.20. The summed E-state index contributed by atoms with van der Waals surface area (Å²) < 4.78 is 0. The number of nitrogens with zero attached hydrogens (tertiary/aromatic N) is 1. The van der Waals surface area contributed by atoms with E-state index in [4.69, 9.17) is 5.11 Å². The molecule has 1 fully saturated rings. The van der Waals surface area contributed by atoms with Gasteiger partial charge in [0.25, 0.3) is 0 Å². The largest absolute Gasteiger partial charge is 0.478 e. The summed E-state index contributed by atoms with van der Waals surface area (Å²) >= 11 is 0. The molecule has 1 aromatic carbocycles. The molecule has 0 bridgehead atoms. The Balaban J connectivity index is 2.09. The van der Waals surface area contributed by atoms with Gasteiger partial charge in [-0.15, -0.1) is 0 Å². The van der Waals surface area contributed by atoms with Gasteiger partial charge in [-0.3, -0.25) is 4.90 Å². The SMILES string of the molecule is CCC1CC1NC(=O)N(C)c1ccccc1C(=O)O. The Bertz CT molecular complexity index is 501. The van der Waals surface area contributed by atoms with Crippen LogP contribution in [-0.4, -0.2) is 30.2 Å². The van der Waals surface area contributed by atoms with Crippen molar-refractivity contribution in [1.29, 1.82) is 0 Å². The van der Waals surface area contributed by atoms with Gasteiger partial charge in [0.15, 0.2) is 0 Å². The van der Waals surface area contributed by atoms with Gasteiger partial charge >= 0.3 is 12.0 Å². The Morgan fingerprint density at radius 2 is 2.11 bits per heavy atom. The zero-order chi connectivity index (χ0) is 14.0. The molecule has 2 N–H and O–H groups in total. The first-order valence-corrected chi connectivity index (χ1v) is 6.41. The van der Waals surface area contributed by atoms with E-state index >= 15 is 0 Å². The maximum Gasteiger partial charge on any atom is 0.337 e. The van der Waals surface area contributed by atoms with Crippen molar-refractivity contribution in [3.05, 3.63) is 29.8 Å². The average molecular weight is 262 g/mol. The van der Waals surface area contributed by atoms with E-state index in [1.807, 2.05) is 0 Å². The molecule has 0 heterocycles. The minimum atomic E-state index is -1.03. The number of carbonyl (C=O) groups is 2. The standard InChI is InChI=1S/C14H18N2O3/c1-3-9-8-11(9)15-14(19)16(2)12-7-5-4-6-10(12)13(17)18/h4-7,9,11H,3,8H2,1-2H3,(H,15,19)(H,17,18). The van der Waals surface area contributed by atoms with Crippen molar-refractivity contribution in [1.82, 2.24) is 5.32 Å². The molecular formula is C14H18N2O3. The number of amides is 2. The third kappa shape index (κ3) is 2.86. The van der Waals surface area contributed by atoms with Crippen molar-refractivity contribution >= 4 is 17.7 Å². The molecule has 1 aromatic rings. The van der Waals surface area contributed by atoms with Crippen LogP contribution in [0.5, 0.6) is 0 Å². The summed E-state index contributed by atoms with van der Waals surface area (Å²) in [5, 5.41) is 12.0. The van der Waals surface area contributed by atoms with Gasteiger partial charge in [-0.05, 0) is 24.5 Å². The minimum absolute atomic E-state index is 0.128. The maximum absolute atomic E-state index is 12.1. The Hall–Kier alpha value is -2.04. The number of carboxylic acid groups (broad SMARTS) is 1. The van der Waals surface area contributed by atoms with Crippen molar-refractivity contribution < 1.29 is 14.7 Å². The van der Waals surface area contributed by atoms with Crippen LogP contribution in [0, 0.1) is 5.92 Å². The van der Waals surface area contributed by atoms with Crippen LogP contribution in [0.15, 0.2) is 24.3 Å². The molecule has 1 aliphatic rings. The van der Waals surface area contributed by atoms with Crippen molar-refractivity contribution in [2.24, 2.45) is 5.92 Å². The van der Waals surface area contributed by atoms with E-state index in [2.05, 4.69) is 12.2 Å². The van der Waals surface area contributed by atoms with Crippen LogP contribution < -0.4 is 10.2 Å². The van der Waals surface area contributed by atoms with Gasteiger partial charge in [-0.1, -0.05) is 25.5 Å². The Labute approximate surface area is 112 Å². The smallest absolute Gasteiger partial charge is 0.337 e. The summed E-state index contributed by atoms with van der Waals surface area (Å²) in [5.74, 6) is -0.472. The molecule has 0 aromatic heterocycles. The van der Waals surface area contributed by atoms with E-state index in [1.54, 1.807) is 25.2 Å². The highest BCUT2D eigenvalue weighted by atomic mass is 16.4. The summed E-state index contributed by atoms with van der Waals surface area (Å²) in [5.41, 5.74) is 0.532. The number of urea groups is 1. The van der Waals surface area contributed by atoms with Crippen molar-refractivity contribution in [3.63, 3.8) is 0 Å². The molecular weight excluding hydrogens is 244 g/mol. The molecule has 0 radical (unpaired) electrons. The first-order valence-electron chi connectivity index (χ1n) is 6.41. The molecule has 2 rings (SSSR count). The summed E-state index contributed by atoms with van der Waals surface area (Å²) in [6.45, 7) is 2.10. The second-order valence-corrected chi connectivity index (χ2v) is 4.84. The fourth-order valence-corrected chi connectivity index (χ4v) is 2.19. The maximum atomic E-state index is 12.1. The minimum Gasteiger partial charge on any atom is -0.478 e. The van der Waals surface area contributed by atoms with Crippen molar-refractivity contribution in [2.45, 2.75) is 25.8 Å². The molecule has 19 heavy (non-hydrogen) atoms. The lowest BCUT2D eigenvalue weighted by molar-refractivity contribution is 0.0697. The predicted octanol–water partition coefficient (Wildman–Crippen LogP) is 2.33. The van der Waals surface area contributed by atoms with E-state index in [9.17, 15) is 9.59 Å². The van der Waals surface area contributed by atoms with E-state index < -0.39 is 5.97 Å². The second kappa shape index (κ2) is 5.30. The van der Waals surface area contributed by atoms with E-state index in [0.717, 1.165) is 12.8 Å². The van der Waals surface area contributed by atoms with Crippen LogP contribution >= 0.6 is 0 Å². The Morgan fingerprint density at radius 3 is 2.68 bits per heavy atom. The number of hydrogen-bond acceptors (Lipinski definition) is 2. The van der Waals surface area contributed by atoms with Crippen LogP contribution in [0.1, 0.15) is 30.1 Å². The summed E-state index contributed by atoms with van der Waals surface area (Å²) in [6.07, 6.45) is 2.07. The number of para-hydroxylation sites is 1. The van der Waals surface area contributed by atoms with Crippen LogP contribution in [-0.2, 0) is 0 Å². The van der Waals surface area contributed by atoms with Gasteiger partial charge in [0, 0.05) is 13.1 Å². The highest BCUT2D eigenvalue weighted by Crippen LogP contribution is 2.33. The topological polar surface area (TPSA) is 69.6 Å². The number of aromatic carboxylic acids is 1. The normalized spacial score (nSPS) is 20.7. The fourth-order valence-electron chi connectivity index (χ4n) is 2.19. The first kappa shape index (κ1) is 13.4. The van der Waals surface area contributed by atoms with Gasteiger partial charge in [-0.25, -0.2) is 9.59 Å². The zero-order valence-electron chi connectivity index (χ0n) is 11.1. The summed E-state index contributed by atoms with van der Waals surface area (Å²) in [7, 11) is 1.58. The molecule has 2 atom stereocenters. The predicted molar refractivity (Wildman–Crippen MR) is 72.5 cm³/mol. The van der Waals surface area contributed by atoms with Crippen LogP contribution in [0.2, 0.25) is 0 Å². The number of anilines is 1. The lowest BCUT2D eigenvalue weighted by atomic mass is 10.1. The molecule has 1 saturated carbocycles. The van der Waals surface area contributed by atoms with E-state index in [0.29, 0.717) is 11.6 Å². The average Bonchev–Trinajstić information content (AvgIpc) is 3.16. The molecule has 0 saturated heterocycles. The van der Waals surface area contributed by atoms with Crippen molar-refractivity contribution in [2.75, 3.05) is 11.9 Å². The molecule has 0 spiro atoms. The van der Waals surface area contributed by atoms with Gasteiger partial charge in [-0.2, -0.15) is 0 Å². The lowest BCUT2D eigenvalue weighted by Crippen LogP contribution is -2.39. The molecule has 1 aliphatic carbocycles. The number of rotatable bonds is 4. The number of hydrogen-bond donors (Lipinski definition) is 2. The van der Waals surface area contributed by atoms with E-state index in [-0.39, 0.29) is 17.6 Å². The fraction of sp³-hybridized carbons (Fsp3) is 0.429. The van der Waals surface area contributed by atoms with Gasteiger partial charge < -0.3 is 10.4 Å². The monoisotopic (exact) mass is 262 g/mol. The highest BCUT2D eigenvalue weighted by molar-refractivity contribution is 6.01. The van der Waals surface area contributed by atoms with Gasteiger partial charge in [0.2, 0.25) is 0 Å². The molecule has 102 valence electrons. The second-order valence-electron chi connectivity index (χ2n) is 4.84. The molecule has 5 heteroatoms. The number of nitrogens with one attached hydrogen (secondary N) is 1. The van der Waals surface area contributed by atoms with Crippen molar-refractivity contribution in [3.8, 4) is 0 Å². The van der Waals surface area contributed by atoms with Crippen LogP contribution in [0.4, 0.5) is 10.5 Å². The third-order valence-electron chi connectivity index (χ3n) is 3.56. The number of benzene rings is 1. The summed E-state index contributed by atoms with van der Waals surface area (Å²) in [6, 6.07) is 6.47. The molecule has 5 nitrogen and oxygen atoms in total. The van der Waals surface area contributed by atoms with Gasteiger partial charge in [0.1, 0.15) is 0 Å². The quantitative estimate of drug-likeness (QED) is 0.875. The highest BCUT2D eigenvalue weighted by Gasteiger charge is 2.37. The molecule has 2 amide bonds. The van der Waals surface area contributed by atoms with Crippen LogP contribution in [0.3, 0.4) is 0 Å². The Morgan fingerprint density at radius 1 is 1.42 bits per heavy atom. The summed E-state index contributed by atoms with van der Waals surface area (Å²) in [4.78, 5) is 24.5. The first-order chi connectivity index (χ1) is 9.04. The zero-order valence-corrected chi connectivity index (χ0v) is 11.1. The van der Waals surface area contributed by atoms with Gasteiger partial charge in [0.05, 0.1) is 11.3 Å². The molecule has 2 unspecified atom stereocenters. The van der Waals surface area contributed by atoms with E-state index in [1.165, 1.54) is 11.0 Å². The number of carboxylic acids is 1. The number of carbonyl (C=O) groups excluding carboxylic acids is 1. The third-order valence-corrected chi connectivity index (χ3v) is 3.56.